The standard InChI is InChI=1S/C16H26N2O2/c1-4-18-9-5-6-14(18)12-17-11-13-10-15(19-2)7-8-16(13)20-3/h7-8,10,14,17H,4-6,9,11-12H2,1-3H3/t14-/m0/s1. The highest BCUT2D eigenvalue weighted by molar-refractivity contribution is 5.40. The van der Waals surface area contributed by atoms with Gasteiger partial charge in [0.1, 0.15) is 11.5 Å². The monoisotopic (exact) mass is 278 g/mol. The molecule has 1 aromatic carbocycles. The van der Waals surface area contributed by atoms with E-state index in [0.717, 1.165) is 36.7 Å². The van der Waals surface area contributed by atoms with E-state index >= 15 is 0 Å². The lowest BCUT2D eigenvalue weighted by molar-refractivity contribution is 0.259. The van der Waals surface area contributed by atoms with Gasteiger partial charge in [-0.2, -0.15) is 0 Å². The molecule has 1 heterocycles. The highest BCUT2D eigenvalue weighted by atomic mass is 16.5. The van der Waals surface area contributed by atoms with Crippen molar-refractivity contribution >= 4 is 0 Å². The first-order valence-electron chi connectivity index (χ1n) is 7.44. The summed E-state index contributed by atoms with van der Waals surface area (Å²) < 4.78 is 10.7. The van der Waals surface area contributed by atoms with Gasteiger partial charge in [0.2, 0.25) is 0 Å². The Kier molecular flexibility index (Phi) is 5.68. The van der Waals surface area contributed by atoms with Crippen LogP contribution in [-0.4, -0.2) is 44.8 Å². The van der Waals surface area contributed by atoms with E-state index in [-0.39, 0.29) is 0 Å². The summed E-state index contributed by atoms with van der Waals surface area (Å²) >= 11 is 0. The number of rotatable bonds is 7. The fraction of sp³-hybridized carbons (Fsp3) is 0.625. The third-order valence-electron chi connectivity index (χ3n) is 4.09. The normalized spacial score (nSPS) is 19.2. The number of methoxy groups -OCH3 is 2. The average Bonchev–Trinajstić information content (AvgIpc) is 2.94. The van der Waals surface area contributed by atoms with Gasteiger partial charge < -0.3 is 14.8 Å². The molecule has 4 nitrogen and oxygen atoms in total. The lowest BCUT2D eigenvalue weighted by Crippen LogP contribution is -2.37. The Morgan fingerprint density at radius 1 is 1.30 bits per heavy atom. The molecule has 0 saturated carbocycles. The van der Waals surface area contributed by atoms with Gasteiger partial charge in [0, 0.05) is 24.7 Å². The highest BCUT2D eigenvalue weighted by Gasteiger charge is 2.22. The lowest BCUT2D eigenvalue weighted by atomic mass is 10.1. The SMILES string of the molecule is CCN1CCC[C@H]1CNCc1cc(OC)ccc1OC. The summed E-state index contributed by atoms with van der Waals surface area (Å²) in [5.41, 5.74) is 1.15. The van der Waals surface area contributed by atoms with Crippen LogP contribution in [0.25, 0.3) is 0 Å². The van der Waals surface area contributed by atoms with Crippen molar-refractivity contribution in [3.05, 3.63) is 23.8 Å². The van der Waals surface area contributed by atoms with Gasteiger partial charge in [-0.25, -0.2) is 0 Å². The zero-order valence-electron chi connectivity index (χ0n) is 12.8. The fourth-order valence-electron chi connectivity index (χ4n) is 2.94. The van der Waals surface area contributed by atoms with Crippen molar-refractivity contribution in [2.75, 3.05) is 33.9 Å². The van der Waals surface area contributed by atoms with Crippen molar-refractivity contribution in [3.63, 3.8) is 0 Å². The number of nitrogens with one attached hydrogen (secondary N) is 1. The summed E-state index contributed by atoms with van der Waals surface area (Å²) in [5, 5.41) is 3.56. The molecular weight excluding hydrogens is 252 g/mol. The zero-order valence-corrected chi connectivity index (χ0v) is 12.8. The van der Waals surface area contributed by atoms with Crippen molar-refractivity contribution in [1.29, 1.82) is 0 Å². The molecule has 1 aromatic rings. The van der Waals surface area contributed by atoms with Gasteiger partial charge in [0.25, 0.3) is 0 Å². The van der Waals surface area contributed by atoms with Gasteiger partial charge in [0.15, 0.2) is 0 Å². The first kappa shape index (κ1) is 15.1. The Labute approximate surface area is 122 Å². The molecular formula is C16H26N2O2. The number of ether oxygens (including phenoxy) is 2. The predicted octanol–water partition coefficient (Wildman–Crippen LogP) is 2.28. The van der Waals surface area contributed by atoms with Crippen molar-refractivity contribution < 1.29 is 9.47 Å². The van der Waals surface area contributed by atoms with Crippen LogP contribution in [-0.2, 0) is 6.54 Å². The Morgan fingerprint density at radius 2 is 2.15 bits per heavy atom. The Bertz CT molecular complexity index is 423. The van der Waals surface area contributed by atoms with Crippen LogP contribution < -0.4 is 14.8 Å². The molecule has 1 atom stereocenters. The van der Waals surface area contributed by atoms with Crippen LogP contribution in [0.2, 0.25) is 0 Å². The molecule has 1 aliphatic heterocycles. The maximum atomic E-state index is 5.40. The second-order valence-corrected chi connectivity index (χ2v) is 5.23. The second kappa shape index (κ2) is 7.50. The van der Waals surface area contributed by atoms with Gasteiger partial charge in [-0.1, -0.05) is 6.92 Å². The molecule has 0 bridgehead atoms. The molecule has 0 amide bonds. The number of likely N-dealkylation sites (N-methyl/N-ethyl adjacent to an activating group) is 1. The third-order valence-corrected chi connectivity index (χ3v) is 4.09. The molecule has 0 unspecified atom stereocenters. The lowest BCUT2D eigenvalue weighted by Gasteiger charge is -2.23. The van der Waals surface area contributed by atoms with Gasteiger partial charge in [-0.05, 0) is 44.1 Å². The Hall–Kier alpha value is -1.26. The molecule has 2 rings (SSSR count). The second-order valence-electron chi connectivity index (χ2n) is 5.23. The molecule has 1 saturated heterocycles. The molecule has 112 valence electrons. The average molecular weight is 278 g/mol. The van der Waals surface area contributed by atoms with Crippen LogP contribution >= 0.6 is 0 Å². The fourth-order valence-corrected chi connectivity index (χ4v) is 2.94. The van der Waals surface area contributed by atoms with Crippen molar-refractivity contribution in [3.8, 4) is 11.5 Å². The number of hydrogen-bond acceptors (Lipinski definition) is 4. The van der Waals surface area contributed by atoms with E-state index < -0.39 is 0 Å². The number of likely N-dealkylation sites (tertiary alicyclic amines) is 1. The quantitative estimate of drug-likeness (QED) is 0.829. The van der Waals surface area contributed by atoms with Gasteiger partial charge >= 0.3 is 0 Å². The molecule has 1 fully saturated rings. The van der Waals surface area contributed by atoms with Gasteiger partial charge in [0.05, 0.1) is 14.2 Å². The largest absolute Gasteiger partial charge is 0.497 e. The van der Waals surface area contributed by atoms with E-state index in [0.29, 0.717) is 6.04 Å². The Morgan fingerprint density at radius 3 is 2.85 bits per heavy atom. The first-order valence-corrected chi connectivity index (χ1v) is 7.44. The van der Waals surface area contributed by atoms with Crippen LogP contribution in [0.3, 0.4) is 0 Å². The van der Waals surface area contributed by atoms with Crippen molar-refractivity contribution in [2.45, 2.75) is 32.4 Å². The van der Waals surface area contributed by atoms with Crippen LogP contribution in [0.4, 0.5) is 0 Å². The highest BCUT2D eigenvalue weighted by Crippen LogP contribution is 2.24. The molecule has 20 heavy (non-hydrogen) atoms. The molecule has 4 heteroatoms. The molecule has 0 aliphatic carbocycles. The maximum Gasteiger partial charge on any atom is 0.123 e. The van der Waals surface area contributed by atoms with Crippen molar-refractivity contribution in [1.82, 2.24) is 10.2 Å². The maximum absolute atomic E-state index is 5.40. The van der Waals surface area contributed by atoms with Gasteiger partial charge in [-0.3, -0.25) is 4.90 Å². The van der Waals surface area contributed by atoms with E-state index in [2.05, 4.69) is 17.1 Å². The molecule has 0 spiro atoms. The van der Waals surface area contributed by atoms with E-state index in [1.807, 2.05) is 18.2 Å². The molecule has 0 aromatic heterocycles. The summed E-state index contributed by atoms with van der Waals surface area (Å²) in [5.74, 6) is 1.79. The van der Waals surface area contributed by atoms with E-state index in [4.69, 9.17) is 9.47 Å². The van der Waals surface area contributed by atoms with E-state index in [1.165, 1.54) is 19.4 Å². The predicted molar refractivity (Wildman–Crippen MR) is 81.5 cm³/mol. The Balaban J connectivity index is 1.89. The number of hydrogen-bond donors (Lipinski definition) is 1. The van der Waals surface area contributed by atoms with Crippen molar-refractivity contribution in [2.24, 2.45) is 0 Å². The topological polar surface area (TPSA) is 33.7 Å². The molecule has 1 aliphatic rings. The van der Waals surface area contributed by atoms with Crippen LogP contribution in [0.5, 0.6) is 11.5 Å². The minimum atomic E-state index is 0.677. The smallest absolute Gasteiger partial charge is 0.123 e. The summed E-state index contributed by atoms with van der Waals surface area (Å²) in [6.45, 7) is 6.48. The third kappa shape index (κ3) is 3.64. The minimum Gasteiger partial charge on any atom is -0.497 e. The number of nitrogens with zero attached hydrogens (tertiary/aromatic N) is 1. The number of benzene rings is 1. The van der Waals surface area contributed by atoms with E-state index in [1.54, 1.807) is 14.2 Å². The minimum absolute atomic E-state index is 0.677. The van der Waals surface area contributed by atoms with E-state index in [9.17, 15) is 0 Å². The summed E-state index contributed by atoms with van der Waals surface area (Å²) in [7, 11) is 3.40. The van der Waals surface area contributed by atoms with Gasteiger partial charge in [-0.15, -0.1) is 0 Å². The van der Waals surface area contributed by atoms with Crippen LogP contribution in [0.15, 0.2) is 18.2 Å². The zero-order chi connectivity index (χ0) is 14.4. The first-order chi connectivity index (χ1) is 9.78. The summed E-state index contributed by atoms with van der Waals surface area (Å²) in [6, 6.07) is 6.61. The molecule has 1 N–H and O–H groups in total. The molecule has 0 radical (unpaired) electrons. The van der Waals surface area contributed by atoms with Crippen LogP contribution in [0.1, 0.15) is 25.3 Å². The summed E-state index contributed by atoms with van der Waals surface area (Å²) in [6.07, 6.45) is 2.62. The summed E-state index contributed by atoms with van der Waals surface area (Å²) in [4.78, 5) is 2.55. The van der Waals surface area contributed by atoms with Crippen LogP contribution in [0, 0.1) is 0 Å².